The molecule has 1 aliphatic rings. The molecule has 16 heavy (non-hydrogen) atoms. The minimum Gasteiger partial charge on any atom is -0.0987 e. The molecule has 1 heteroatoms. The van der Waals surface area contributed by atoms with Crippen LogP contribution >= 0.6 is 11.8 Å². The molecule has 1 aliphatic heterocycles. The number of hydrogen-bond acceptors (Lipinski definition) is 1. The molecule has 1 aromatic carbocycles. The van der Waals surface area contributed by atoms with Gasteiger partial charge in [-0.15, -0.1) is 0 Å². The van der Waals surface area contributed by atoms with E-state index in [1.165, 1.54) is 20.9 Å². The van der Waals surface area contributed by atoms with Crippen molar-refractivity contribution in [2.75, 3.05) is 0 Å². The molecule has 0 saturated heterocycles. The zero-order chi connectivity index (χ0) is 11.8. The van der Waals surface area contributed by atoms with Crippen molar-refractivity contribution in [2.45, 2.75) is 24.2 Å². The first-order valence-corrected chi connectivity index (χ1v) is 6.20. The number of hydrogen-bond donors (Lipinski definition) is 0. The molecule has 0 radical (unpaired) electrons. The van der Waals surface area contributed by atoms with Gasteiger partial charge in [-0.05, 0) is 17.2 Å². The monoisotopic (exact) mass is 228 g/mol. The molecule has 0 N–H and O–H groups in total. The Morgan fingerprint density at radius 3 is 2.44 bits per heavy atom. The van der Waals surface area contributed by atoms with E-state index in [2.05, 4.69) is 51.3 Å². The molecule has 0 spiro atoms. The van der Waals surface area contributed by atoms with Gasteiger partial charge in [0.05, 0.1) is 0 Å². The van der Waals surface area contributed by atoms with Crippen molar-refractivity contribution in [1.82, 2.24) is 0 Å². The van der Waals surface area contributed by atoms with Gasteiger partial charge >= 0.3 is 0 Å². The van der Waals surface area contributed by atoms with Gasteiger partial charge in [-0.2, -0.15) is 0 Å². The smallest absolute Gasteiger partial charge is 0.0168 e. The van der Waals surface area contributed by atoms with Crippen LogP contribution < -0.4 is 0 Å². The fourth-order valence-electron chi connectivity index (χ4n) is 2.21. The van der Waals surface area contributed by atoms with Gasteiger partial charge in [-0.25, -0.2) is 0 Å². The highest BCUT2D eigenvalue weighted by Gasteiger charge is 2.32. The van der Waals surface area contributed by atoms with E-state index in [9.17, 15) is 0 Å². The molecule has 0 amide bonds. The molecule has 82 valence electrons. The average Bonchev–Trinajstić information content (AvgIpc) is 2.28. The van der Waals surface area contributed by atoms with Crippen LogP contribution in [0, 0.1) is 0 Å². The van der Waals surface area contributed by atoms with Crippen molar-refractivity contribution in [3.63, 3.8) is 0 Å². The van der Waals surface area contributed by atoms with Gasteiger partial charge in [0.1, 0.15) is 0 Å². The fourth-order valence-corrected chi connectivity index (χ4v) is 3.55. The van der Waals surface area contributed by atoms with Gasteiger partial charge in [0, 0.05) is 15.2 Å². The molecule has 0 unspecified atom stereocenters. The summed E-state index contributed by atoms with van der Waals surface area (Å²) in [4.78, 5) is 2.55. The van der Waals surface area contributed by atoms with Crippen molar-refractivity contribution in [1.29, 1.82) is 0 Å². The second-order valence-corrected chi connectivity index (χ2v) is 5.49. The van der Waals surface area contributed by atoms with Gasteiger partial charge in [0.25, 0.3) is 0 Å². The second-order valence-electron chi connectivity index (χ2n) is 4.41. The van der Waals surface area contributed by atoms with Crippen molar-refractivity contribution >= 4 is 11.8 Å². The zero-order valence-electron chi connectivity index (χ0n) is 9.79. The number of thioether (sulfide) groups is 1. The lowest BCUT2D eigenvalue weighted by Gasteiger charge is -2.34. The van der Waals surface area contributed by atoms with Crippen molar-refractivity contribution < 1.29 is 0 Å². The summed E-state index contributed by atoms with van der Waals surface area (Å²) in [7, 11) is 0. The molecule has 0 bridgehead atoms. The third-order valence-corrected chi connectivity index (χ3v) is 4.29. The van der Waals surface area contributed by atoms with Crippen LogP contribution in [0.2, 0.25) is 0 Å². The number of rotatable bonds is 2. The molecular formula is C15H16S. The number of allylic oxidation sites excluding steroid dienone is 3. The van der Waals surface area contributed by atoms with E-state index in [0.717, 1.165) is 0 Å². The first-order valence-electron chi connectivity index (χ1n) is 5.38. The molecule has 0 atom stereocenters. The Labute approximate surface area is 102 Å². The Hall–Kier alpha value is -1.21. The lowest BCUT2D eigenvalue weighted by molar-refractivity contribution is 0.621. The first-order chi connectivity index (χ1) is 7.61. The number of benzene rings is 1. The normalized spacial score (nSPS) is 17.9. The minimum absolute atomic E-state index is 0.0209. The topological polar surface area (TPSA) is 0 Å². The van der Waals surface area contributed by atoms with Crippen LogP contribution in [-0.2, 0) is 5.41 Å². The highest BCUT2D eigenvalue weighted by Crippen LogP contribution is 2.48. The summed E-state index contributed by atoms with van der Waals surface area (Å²) in [6.07, 6.45) is 3.89. The standard InChI is InChI=1S/C15H16S/c1-5-11-13(6-2)16-14-10-8-7-9-12(14)15(11,3)4/h5-10H,1-2H2,3-4H3. The van der Waals surface area contributed by atoms with E-state index in [0.29, 0.717) is 0 Å². The second kappa shape index (κ2) is 3.99. The minimum atomic E-state index is 0.0209. The Morgan fingerprint density at radius 1 is 1.12 bits per heavy atom. The van der Waals surface area contributed by atoms with Crippen LogP contribution in [0.15, 0.2) is 64.9 Å². The van der Waals surface area contributed by atoms with Gasteiger partial charge in [-0.1, -0.05) is 69.1 Å². The lowest BCUT2D eigenvalue weighted by atomic mass is 9.77. The van der Waals surface area contributed by atoms with E-state index in [4.69, 9.17) is 0 Å². The molecule has 0 aliphatic carbocycles. The van der Waals surface area contributed by atoms with Crippen LogP contribution in [0.3, 0.4) is 0 Å². The summed E-state index contributed by atoms with van der Waals surface area (Å²) >= 11 is 1.78. The van der Waals surface area contributed by atoms with Gasteiger partial charge in [-0.3, -0.25) is 0 Å². The quantitative estimate of drug-likeness (QED) is 0.707. The number of fused-ring (bicyclic) bond motifs is 1. The predicted molar refractivity (Wildman–Crippen MR) is 72.7 cm³/mol. The van der Waals surface area contributed by atoms with E-state index in [1.807, 2.05) is 12.2 Å². The first kappa shape index (κ1) is 11.3. The Kier molecular flexibility index (Phi) is 2.81. The van der Waals surface area contributed by atoms with Crippen molar-refractivity contribution in [2.24, 2.45) is 0 Å². The summed E-state index contributed by atoms with van der Waals surface area (Å²) in [6.45, 7) is 12.3. The van der Waals surface area contributed by atoms with E-state index < -0.39 is 0 Å². The van der Waals surface area contributed by atoms with Crippen molar-refractivity contribution in [3.05, 3.63) is 65.6 Å². The maximum atomic E-state index is 3.93. The molecule has 0 saturated carbocycles. The van der Waals surface area contributed by atoms with Crippen LogP contribution in [-0.4, -0.2) is 0 Å². The van der Waals surface area contributed by atoms with Gasteiger partial charge < -0.3 is 0 Å². The Bertz CT molecular complexity index is 478. The summed E-state index contributed by atoms with van der Waals surface area (Å²) in [5.41, 5.74) is 2.67. The largest absolute Gasteiger partial charge is 0.0987 e. The van der Waals surface area contributed by atoms with Crippen LogP contribution in [0.1, 0.15) is 19.4 Å². The molecule has 0 fully saturated rings. The maximum absolute atomic E-state index is 3.93. The van der Waals surface area contributed by atoms with Crippen LogP contribution in [0.25, 0.3) is 0 Å². The predicted octanol–water partition coefficient (Wildman–Crippen LogP) is 4.70. The molecule has 0 nitrogen and oxygen atoms in total. The Morgan fingerprint density at radius 2 is 1.81 bits per heavy atom. The summed E-state index contributed by atoms with van der Waals surface area (Å²) in [5.74, 6) is 0. The zero-order valence-corrected chi connectivity index (χ0v) is 10.6. The molecule has 2 rings (SSSR count). The summed E-state index contributed by atoms with van der Waals surface area (Å²) < 4.78 is 0. The van der Waals surface area contributed by atoms with Crippen LogP contribution in [0.5, 0.6) is 0 Å². The molecular weight excluding hydrogens is 212 g/mol. The fraction of sp³-hybridized carbons (Fsp3) is 0.200. The highest BCUT2D eigenvalue weighted by molar-refractivity contribution is 8.03. The molecule has 0 aromatic heterocycles. The Balaban J connectivity index is 2.68. The summed E-state index contributed by atoms with van der Waals surface area (Å²) in [5, 5.41) is 0. The lowest BCUT2D eigenvalue weighted by Crippen LogP contribution is -2.23. The van der Waals surface area contributed by atoms with E-state index >= 15 is 0 Å². The third kappa shape index (κ3) is 1.56. The molecule has 1 heterocycles. The summed E-state index contributed by atoms with van der Waals surface area (Å²) in [6, 6.07) is 8.55. The van der Waals surface area contributed by atoms with Crippen molar-refractivity contribution in [3.8, 4) is 0 Å². The van der Waals surface area contributed by atoms with Gasteiger partial charge in [0.15, 0.2) is 0 Å². The van der Waals surface area contributed by atoms with Crippen LogP contribution in [0.4, 0.5) is 0 Å². The van der Waals surface area contributed by atoms with E-state index in [-0.39, 0.29) is 5.41 Å². The SMILES string of the molecule is C=CC1=C(C=C)C(C)(C)c2ccccc2S1. The highest BCUT2D eigenvalue weighted by atomic mass is 32.2. The average molecular weight is 228 g/mol. The molecule has 1 aromatic rings. The third-order valence-electron chi connectivity index (χ3n) is 3.11. The van der Waals surface area contributed by atoms with Gasteiger partial charge in [0.2, 0.25) is 0 Å². The van der Waals surface area contributed by atoms with E-state index in [1.54, 1.807) is 11.8 Å². The maximum Gasteiger partial charge on any atom is 0.0168 e.